The average Bonchev–Trinajstić information content (AvgIpc) is 2.91. The normalized spacial score (nSPS) is 10.7. The summed E-state index contributed by atoms with van der Waals surface area (Å²) in [6.45, 7) is 0. The van der Waals surface area contributed by atoms with Crippen LogP contribution in [0.1, 0.15) is 10.4 Å². The average molecular weight is 300 g/mol. The molecule has 0 atom stereocenters. The van der Waals surface area contributed by atoms with Gasteiger partial charge in [0.1, 0.15) is 6.29 Å². The lowest BCUT2D eigenvalue weighted by atomic mass is 10.2. The third-order valence-corrected chi connectivity index (χ3v) is 3.83. The molecule has 0 aliphatic carbocycles. The van der Waals surface area contributed by atoms with Gasteiger partial charge in [-0.2, -0.15) is 0 Å². The van der Waals surface area contributed by atoms with Gasteiger partial charge in [-0.25, -0.2) is 0 Å². The minimum absolute atomic E-state index is 0.128. The van der Waals surface area contributed by atoms with Crippen molar-refractivity contribution < 1.29 is 9.72 Å². The maximum absolute atomic E-state index is 11.1. The van der Waals surface area contributed by atoms with Crippen LogP contribution in [-0.4, -0.2) is 25.8 Å². The SMILES string of the molecule is O=Cc1ccc(Sc2nnc3ccccn23)c([N+](=O)[O-])c1. The largest absolute Gasteiger partial charge is 0.298 e. The van der Waals surface area contributed by atoms with Gasteiger partial charge in [0.25, 0.3) is 5.69 Å². The molecule has 8 heteroatoms. The molecule has 3 aromatic rings. The van der Waals surface area contributed by atoms with Crippen LogP contribution in [0.2, 0.25) is 0 Å². The monoisotopic (exact) mass is 300 g/mol. The van der Waals surface area contributed by atoms with Crippen molar-refractivity contribution in [2.45, 2.75) is 10.1 Å². The Bertz CT molecular complexity index is 846. The molecule has 3 rings (SSSR count). The number of benzene rings is 1. The van der Waals surface area contributed by atoms with E-state index >= 15 is 0 Å². The molecule has 0 saturated carbocycles. The highest BCUT2D eigenvalue weighted by molar-refractivity contribution is 7.99. The van der Waals surface area contributed by atoms with Gasteiger partial charge in [-0.3, -0.25) is 19.3 Å². The van der Waals surface area contributed by atoms with Crippen molar-refractivity contribution in [3.8, 4) is 0 Å². The standard InChI is InChI=1S/C13H8N4O3S/c18-8-9-4-5-11(10(7-9)17(19)20)21-13-15-14-12-3-1-2-6-16(12)13/h1-8H. The fourth-order valence-corrected chi connectivity index (χ4v) is 2.73. The number of carbonyl (C=O) groups is 1. The molecular weight excluding hydrogens is 292 g/mol. The quantitative estimate of drug-likeness (QED) is 0.418. The van der Waals surface area contributed by atoms with E-state index in [2.05, 4.69) is 10.2 Å². The molecule has 0 amide bonds. The van der Waals surface area contributed by atoms with Gasteiger partial charge < -0.3 is 0 Å². The molecule has 0 radical (unpaired) electrons. The summed E-state index contributed by atoms with van der Waals surface area (Å²) in [5.41, 5.74) is 0.793. The molecule has 0 unspecified atom stereocenters. The molecule has 0 N–H and O–H groups in total. The van der Waals surface area contributed by atoms with Crippen LogP contribution in [0.4, 0.5) is 5.69 Å². The Balaban J connectivity index is 2.05. The Morgan fingerprint density at radius 3 is 2.86 bits per heavy atom. The predicted molar refractivity (Wildman–Crippen MR) is 75.6 cm³/mol. The van der Waals surface area contributed by atoms with E-state index in [1.165, 1.54) is 18.2 Å². The summed E-state index contributed by atoms with van der Waals surface area (Å²) in [6, 6.07) is 9.77. The first-order valence-electron chi connectivity index (χ1n) is 5.90. The van der Waals surface area contributed by atoms with Crippen LogP contribution in [0.15, 0.2) is 52.6 Å². The molecule has 104 valence electrons. The summed E-state index contributed by atoms with van der Waals surface area (Å²) in [7, 11) is 0. The minimum atomic E-state index is -0.515. The Morgan fingerprint density at radius 2 is 2.10 bits per heavy atom. The Labute approximate surface area is 122 Å². The summed E-state index contributed by atoms with van der Waals surface area (Å²) in [4.78, 5) is 21.7. The Kier molecular flexibility index (Phi) is 3.36. The zero-order valence-electron chi connectivity index (χ0n) is 10.5. The fourth-order valence-electron chi connectivity index (χ4n) is 1.82. The minimum Gasteiger partial charge on any atom is -0.298 e. The van der Waals surface area contributed by atoms with Crippen LogP contribution < -0.4 is 0 Å². The number of hydrogen-bond acceptors (Lipinski definition) is 6. The van der Waals surface area contributed by atoms with Crippen LogP contribution in [0.25, 0.3) is 5.65 Å². The molecule has 21 heavy (non-hydrogen) atoms. The second kappa shape index (κ2) is 5.33. The van der Waals surface area contributed by atoms with E-state index in [0.29, 0.717) is 22.0 Å². The number of nitro benzene ring substituents is 1. The van der Waals surface area contributed by atoms with E-state index in [-0.39, 0.29) is 11.3 Å². The fraction of sp³-hybridized carbons (Fsp3) is 0. The summed E-state index contributed by atoms with van der Waals surface area (Å²) in [5, 5.41) is 19.6. The van der Waals surface area contributed by atoms with Gasteiger partial charge >= 0.3 is 0 Å². The van der Waals surface area contributed by atoms with Crippen LogP contribution >= 0.6 is 11.8 Å². The molecule has 0 saturated heterocycles. The van der Waals surface area contributed by atoms with Gasteiger partial charge in [-0.1, -0.05) is 12.1 Å². The summed E-state index contributed by atoms with van der Waals surface area (Å²) in [6.07, 6.45) is 2.36. The number of nitrogens with zero attached hydrogens (tertiary/aromatic N) is 4. The first kappa shape index (κ1) is 13.3. The lowest BCUT2D eigenvalue weighted by molar-refractivity contribution is -0.387. The van der Waals surface area contributed by atoms with Crippen molar-refractivity contribution in [2.24, 2.45) is 0 Å². The smallest absolute Gasteiger partial charge is 0.284 e. The summed E-state index contributed by atoms with van der Waals surface area (Å²) < 4.78 is 1.74. The van der Waals surface area contributed by atoms with E-state index in [9.17, 15) is 14.9 Å². The predicted octanol–water partition coefficient (Wildman–Crippen LogP) is 2.60. The molecule has 2 heterocycles. The molecule has 0 bridgehead atoms. The van der Waals surface area contributed by atoms with Crippen LogP contribution in [-0.2, 0) is 0 Å². The van der Waals surface area contributed by atoms with Gasteiger partial charge in [0.2, 0.25) is 5.16 Å². The van der Waals surface area contributed by atoms with Crippen LogP contribution in [0.5, 0.6) is 0 Å². The van der Waals surface area contributed by atoms with Gasteiger partial charge in [-0.05, 0) is 30.0 Å². The van der Waals surface area contributed by atoms with Gasteiger partial charge in [-0.15, -0.1) is 10.2 Å². The third kappa shape index (κ3) is 2.48. The number of hydrogen-bond donors (Lipinski definition) is 0. The summed E-state index contributed by atoms with van der Waals surface area (Å²) >= 11 is 1.13. The number of nitro groups is 1. The number of rotatable bonds is 4. The number of aromatic nitrogens is 3. The Morgan fingerprint density at radius 1 is 1.24 bits per heavy atom. The van der Waals surface area contributed by atoms with Crippen LogP contribution in [0, 0.1) is 10.1 Å². The Hall–Kier alpha value is -2.74. The van der Waals surface area contributed by atoms with Crippen molar-refractivity contribution in [3.63, 3.8) is 0 Å². The zero-order chi connectivity index (χ0) is 14.8. The van der Waals surface area contributed by atoms with Crippen molar-refractivity contribution >= 4 is 29.4 Å². The topological polar surface area (TPSA) is 90.4 Å². The molecule has 0 fully saturated rings. The van der Waals surface area contributed by atoms with Crippen molar-refractivity contribution in [1.82, 2.24) is 14.6 Å². The number of carbonyl (C=O) groups excluding carboxylic acids is 1. The van der Waals surface area contributed by atoms with Gasteiger partial charge in [0.15, 0.2) is 5.65 Å². The van der Waals surface area contributed by atoms with Crippen molar-refractivity contribution in [2.75, 3.05) is 0 Å². The maximum Gasteiger partial charge on any atom is 0.284 e. The highest BCUT2D eigenvalue weighted by Gasteiger charge is 2.18. The second-order valence-corrected chi connectivity index (χ2v) is 5.12. The zero-order valence-corrected chi connectivity index (χ0v) is 11.4. The first-order valence-corrected chi connectivity index (χ1v) is 6.72. The molecule has 0 aliphatic rings. The van der Waals surface area contributed by atoms with Gasteiger partial charge in [0, 0.05) is 17.8 Å². The number of aldehydes is 1. The molecule has 1 aromatic carbocycles. The molecule has 7 nitrogen and oxygen atoms in total. The molecule has 0 spiro atoms. The van der Waals surface area contributed by atoms with Crippen molar-refractivity contribution in [1.29, 1.82) is 0 Å². The highest BCUT2D eigenvalue weighted by atomic mass is 32.2. The highest BCUT2D eigenvalue weighted by Crippen LogP contribution is 2.34. The molecular formula is C13H8N4O3S. The lowest BCUT2D eigenvalue weighted by Crippen LogP contribution is -1.94. The third-order valence-electron chi connectivity index (χ3n) is 2.80. The summed E-state index contributed by atoms with van der Waals surface area (Å²) in [5.74, 6) is 0. The maximum atomic E-state index is 11.1. The molecule has 2 aromatic heterocycles. The van der Waals surface area contributed by atoms with E-state index in [1.807, 2.05) is 12.1 Å². The van der Waals surface area contributed by atoms with E-state index in [1.54, 1.807) is 16.7 Å². The first-order chi connectivity index (χ1) is 10.2. The van der Waals surface area contributed by atoms with Gasteiger partial charge in [0.05, 0.1) is 9.82 Å². The van der Waals surface area contributed by atoms with E-state index in [0.717, 1.165) is 11.8 Å². The van der Waals surface area contributed by atoms with Crippen LogP contribution in [0.3, 0.4) is 0 Å². The van der Waals surface area contributed by atoms with Crippen molar-refractivity contribution in [3.05, 3.63) is 58.3 Å². The second-order valence-electron chi connectivity index (χ2n) is 4.12. The van der Waals surface area contributed by atoms with E-state index in [4.69, 9.17) is 0 Å². The number of pyridine rings is 1. The van der Waals surface area contributed by atoms with E-state index < -0.39 is 4.92 Å². The number of fused-ring (bicyclic) bond motifs is 1. The lowest BCUT2D eigenvalue weighted by Gasteiger charge is -2.02. The molecule has 0 aliphatic heterocycles.